The van der Waals surface area contributed by atoms with Crippen molar-refractivity contribution in [3.8, 4) is 0 Å². The van der Waals surface area contributed by atoms with Crippen molar-refractivity contribution in [3.63, 3.8) is 0 Å². The molecule has 0 saturated heterocycles. The third kappa shape index (κ3) is 4.07. The predicted octanol–water partition coefficient (Wildman–Crippen LogP) is 2.93. The second-order valence-corrected chi connectivity index (χ2v) is 8.97. The number of carboxylic acid groups (broad SMARTS) is 1. The number of carbonyl (C=O) groups excluding carboxylic acids is 1. The number of carboxylic acids is 1. The largest absolute Gasteiger partial charge is 0.477 e. The van der Waals surface area contributed by atoms with Gasteiger partial charge in [-0.05, 0) is 43.6 Å². The molecular formula is C23H36O7. The first-order valence-corrected chi connectivity index (χ1v) is 11.0. The van der Waals surface area contributed by atoms with E-state index in [4.69, 9.17) is 4.74 Å². The Morgan fingerprint density at radius 3 is 2.47 bits per heavy atom. The SMILES string of the molecule is CC[C@@H](C)C[C@](O)(C(O)(O)C(=O)O)[C@]1(OC(=O)[C@@H](C)CC)CC=CC2=CCCC[C@H]21. The molecule has 0 heterocycles. The highest BCUT2D eigenvalue weighted by atomic mass is 16.6. The van der Waals surface area contributed by atoms with Crippen molar-refractivity contribution in [2.45, 2.75) is 89.6 Å². The van der Waals surface area contributed by atoms with E-state index in [1.54, 1.807) is 19.9 Å². The molecule has 0 aromatic rings. The summed E-state index contributed by atoms with van der Waals surface area (Å²) in [4.78, 5) is 24.9. The van der Waals surface area contributed by atoms with Gasteiger partial charge in [-0.3, -0.25) is 4.79 Å². The van der Waals surface area contributed by atoms with Gasteiger partial charge in [0.1, 0.15) is 0 Å². The summed E-state index contributed by atoms with van der Waals surface area (Å²) in [7, 11) is 0. The zero-order valence-corrected chi connectivity index (χ0v) is 18.4. The van der Waals surface area contributed by atoms with Gasteiger partial charge in [-0.15, -0.1) is 0 Å². The fraction of sp³-hybridized carbons (Fsp3) is 0.739. The van der Waals surface area contributed by atoms with Gasteiger partial charge < -0.3 is 25.2 Å². The van der Waals surface area contributed by atoms with Crippen LogP contribution in [-0.4, -0.2) is 49.4 Å². The zero-order chi connectivity index (χ0) is 22.7. The van der Waals surface area contributed by atoms with Crippen LogP contribution >= 0.6 is 0 Å². The molecule has 2 rings (SSSR count). The molecule has 2 aliphatic rings. The van der Waals surface area contributed by atoms with Gasteiger partial charge in [0, 0.05) is 12.3 Å². The van der Waals surface area contributed by atoms with Gasteiger partial charge in [-0.25, -0.2) is 4.79 Å². The van der Waals surface area contributed by atoms with Crippen LogP contribution in [-0.2, 0) is 14.3 Å². The Morgan fingerprint density at radius 1 is 1.23 bits per heavy atom. The number of ether oxygens (including phenoxy) is 1. The summed E-state index contributed by atoms with van der Waals surface area (Å²) in [5.74, 6) is -7.30. The van der Waals surface area contributed by atoms with Crippen LogP contribution in [0.25, 0.3) is 0 Å². The van der Waals surface area contributed by atoms with Crippen LogP contribution in [0.15, 0.2) is 23.8 Å². The number of fused-ring (bicyclic) bond motifs is 1. The van der Waals surface area contributed by atoms with Crippen molar-refractivity contribution in [3.05, 3.63) is 23.8 Å². The molecule has 0 aliphatic heterocycles. The Hall–Kier alpha value is -1.70. The molecule has 7 nitrogen and oxygen atoms in total. The number of aliphatic carboxylic acids is 1. The van der Waals surface area contributed by atoms with Crippen LogP contribution in [0.1, 0.15) is 72.6 Å². The molecule has 4 N–H and O–H groups in total. The molecule has 0 bridgehead atoms. The molecule has 7 heteroatoms. The van der Waals surface area contributed by atoms with E-state index in [2.05, 4.69) is 0 Å². The van der Waals surface area contributed by atoms with E-state index in [9.17, 15) is 30.0 Å². The lowest BCUT2D eigenvalue weighted by Gasteiger charge is -2.56. The Kier molecular flexibility index (Phi) is 7.54. The topological polar surface area (TPSA) is 124 Å². The highest BCUT2D eigenvalue weighted by Gasteiger charge is 2.70. The number of hydrogen-bond acceptors (Lipinski definition) is 6. The van der Waals surface area contributed by atoms with Crippen molar-refractivity contribution >= 4 is 11.9 Å². The summed E-state index contributed by atoms with van der Waals surface area (Å²) in [5.41, 5.74) is -3.59. The third-order valence-corrected chi connectivity index (χ3v) is 6.99. The summed E-state index contributed by atoms with van der Waals surface area (Å²) in [6.45, 7) is 7.19. The van der Waals surface area contributed by atoms with E-state index in [1.165, 1.54) is 0 Å². The minimum Gasteiger partial charge on any atom is -0.477 e. The van der Waals surface area contributed by atoms with Crippen LogP contribution < -0.4 is 0 Å². The molecule has 5 atom stereocenters. The van der Waals surface area contributed by atoms with Gasteiger partial charge in [0.2, 0.25) is 0 Å². The van der Waals surface area contributed by atoms with E-state index in [0.29, 0.717) is 19.3 Å². The zero-order valence-electron chi connectivity index (χ0n) is 18.4. The van der Waals surface area contributed by atoms with Gasteiger partial charge in [0.05, 0.1) is 5.92 Å². The maximum absolute atomic E-state index is 12.9. The quantitative estimate of drug-likeness (QED) is 0.331. The van der Waals surface area contributed by atoms with Gasteiger partial charge in [-0.1, -0.05) is 52.3 Å². The van der Waals surface area contributed by atoms with Crippen molar-refractivity contribution in [1.82, 2.24) is 0 Å². The van der Waals surface area contributed by atoms with Gasteiger partial charge >= 0.3 is 11.9 Å². The second-order valence-electron chi connectivity index (χ2n) is 8.97. The Bertz CT molecular complexity index is 710. The molecule has 170 valence electrons. The molecular weight excluding hydrogens is 388 g/mol. The maximum Gasteiger partial charge on any atom is 0.367 e. The number of allylic oxidation sites excluding steroid dienone is 2. The van der Waals surface area contributed by atoms with E-state index >= 15 is 0 Å². The Balaban J connectivity index is 2.75. The molecule has 0 saturated carbocycles. The van der Waals surface area contributed by atoms with Crippen LogP contribution in [0.5, 0.6) is 0 Å². The van der Waals surface area contributed by atoms with Crippen LogP contribution in [0.4, 0.5) is 0 Å². The molecule has 0 radical (unpaired) electrons. The summed E-state index contributed by atoms with van der Waals surface area (Å²) >= 11 is 0. The third-order valence-electron chi connectivity index (χ3n) is 6.99. The molecule has 0 aromatic carbocycles. The predicted molar refractivity (Wildman–Crippen MR) is 111 cm³/mol. The molecule has 0 fully saturated rings. The van der Waals surface area contributed by atoms with Crippen molar-refractivity contribution in [1.29, 1.82) is 0 Å². The maximum atomic E-state index is 12.9. The van der Waals surface area contributed by atoms with E-state index in [1.807, 2.05) is 26.0 Å². The lowest BCUT2D eigenvalue weighted by molar-refractivity contribution is -0.333. The minimum atomic E-state index is -3.50. The number of aliphatic hydroxyl groups is 3. The lowest BCUT2D eigenvalue weighted by atomic mass is 9.58. The van der Waals surface area contributed by atoms with Crippen molar-refractivity contribution < 1.29 is 34.8 Å². The van der Waals surface area contributed by atoms with E-state index in [-0.39, 0.29) is 18.8 Å². The average Bonchev–Trinajstić information content (AvgIpc) is 2.72. The Labute approximate surface area is 178 Å². The standard InChI is InChI=1S/C23H36O7/c1-5-15(3)14-22(27,23(28,29)20(25)26)21(30-19(24)16(4)6-2)13-9-11-17-10-7-8-12-18(17)21/h9-11,15-16,18,27-29H,5-8,12-14H2,1-4H3,(H,25,26)/t15-,16+,18-,21+,22-/m1/s1. The average molecular weight is 425 g/mol. The fourth-order valence-electron chi connectivity index (χ4n) is 4.64. The van der Waals surface area contributed by atoms with Crippen molar-refractivity contribution in [2.75, 3.05) is 0 Å². The smallest absolute Gasteiger partial charge is 0.367 e. The monoisotopic (exact) mass is 424 g/mol. The lowest BCUT2D eigenvalue weighted by Crippen LogP contribution is -2.75. The first kappa shape index (κ1) is 24.6. The van der Waals surface area contributed by atoms with Crippen LogP contribution in [0.2, 0.25) is 0 Å². The summed E-state index contributed by atoms with van der Waals surface area (Å²) in [6.07, 6.45) is 8.56. The summed E-state index contributed by atoms with van der Waals surface area (Å²) in [6, 6.07) is 0. The molecule has 0 unspecified atom stereocenters. The number of esters is 1. The highest BCUT2D eigenvalue weighted by molar-refractivity contribution is 5.78. The first-order valence-electron chi connectivity index (χ1n) is 11.0. The van der Waals surface area contributed by atoms with Gasteiger partial charge in [0.15, 0.2) is 11.2 Å². The summed E-state index contributed by atoms with van der Waals surface area (Å²) < 4.78 is 5.98. The number of hydrogen-bond donors (Lipinski definition) is 4. The molecule has 30 heavy (non-hydrogen) atoms. The van der Waals surface area contributed by atoms with Gasteiger partial charge in [-0.2, -0.15) is 0 Å². The molecule has 0 spiro atoms. The van der Waals surface area contributed by atoms with E-state index in [0.717, 1.165) is 18.4 Å². The normalized spacial score (nSPS) is 28.0. The molecule has 0 amide bonds. The Morgan fingerprint density at radius 2 is 1.90 bits per heavy atom. The molecule has 0 aromatic heterocycles. The number of rotatable bonds is 9. The minimum absolute atomic E-state index is 0.000263. The van der Waals surface area contributed by atoms with Crippen LogP contribution in [0, 0.1) is 17.8 Å². The van der Waals surface area contributed by atoms with E-state index < -0.39 is 40.8 Å². The first-order chi connectivity index (χ1) is 14.0. The number of carbonyl (C=O) groups is 2. The highest BCUT2D eigenvalue weighted by Crippen LogP contribution is 2.53. The fourth-order valence-corrected chi connectivity index (χ4v) is 4.64. The van der Waals surface area contributed by atoms with Crippen LogP contribution in [0.3, 0.4) is 0 Å². The second kappa shape index (κ2) is 9.20. The van der Waals surface area contributed by atoms with Crippen molar-refractivity contribution in [2.24, 2.45) is 17.8 Å². The molecule has 2 aliphatic carbocycles. The van der Waals surface area contributed by atoms with Gasteiger partial charge in [0.25, 0.3) is 5.79 Å². The summed E-state index contributed by atoms with van der Waals surface area (Å²) in [5, 5.41) is 43.1.